The van der Waals surface area contributed by atoms with Crippen molar-refractivity contribution < 1.29 is 18.3 Å². The van der Waals surface area contributed by atoms with Gasteiger partial charge in [-0.3, -0.25) is 0 Å². The zero-order valence-electron chi connectivity index (χ0n) is 13.9. The molecule has 2 aromatic carbocycles. The number of aryl methyl sites for hydroxylation is 1. The number of likely N-dealkylation sites (N-methyl/N-ethyl adjacent to an activating group) is 1. The van der Waals surface area contributed by atoms with Crippen LogP contribution in [0.2, 0.25) is 0 Å². The summed E-state index contributed by atoms with van der Waals surface area (Å²) in [5, 5.41) is 10.3. The average molecular weight is 349 g/mol. The maximum Gasteiger partial charge on any atom is 0.214 e. The molecule has 0 aromatic heterocycles. The van der Waals surface area contributed by atoms with Gasteiger partial charge in [0.2, 0.25) is 10.0 Å². The molecule has 0 saturated carbocycles. The van der Waals surface area contributed by atoms with Gasteiger partial charge in [-0.05, 0) is 29.7 Å². The Balaban J connectivity index is 1.94. The number of aliphatic hydroxyl groups is 1. The topological polar surface area (TPSA) is 66.8 Å². The average Bonchev–Trinajstić information content (AvgIpc) is 2.61. The van der Waals surface area contributed by atoms with E-state index in [4.69, 9.17) is 4.74 Å². The Labute approximate surface area is 143 Å². The lowest BCUT2D eigenvalue weighted by molar-refractivity contribution is 0.155. The molecule has 24 heavy (non-hydrogen) atoms. The largest absolute Gasteiger partial charge is 0.497 e. The molecular weight excluding hydrogens is 326 g/mol. The lowest BCUT2D eigenvalue weighted by atomic mass is 10.1. The number of ether oxygens (including phenoxy) is 1. The van der Waals surface area contributed by atoms with E-state index < -0.39 is 16.1 Å². The Morgan fingerprint density at radius 2 is 1.71 bits per heavy atom. The molecule has 6 heteroatoms. The Hall–Kier alpha value is -1.89. The summed E-state index contributed by atoms with van der Waals surface area (Å²) in [6.45, 7) is 0.0173. The highest BCUT2D eigenvalue weighted by Crippen LogP contribution is 2.19. The monoisotopic (exact) mass is 349 g/mol. The van der Waals surface area contributed by atoms with Crippen LogP contribution in [0.25, 0.3) is 0 Å². The van der Waals surface area contributed by atoms with Gasteiger partial charge in [-0.1, -0.05) is 42.5 Å². The third-order valence-electron chi connectivity index (χ3n) is 3.90. The van der Waals surface area contributed by atoms with Gasteiger partial charge < -0.3 is 9.84 Å². The first-order chi connectivity index (χ1) is 11.4. The van der Waals surface area contributed by atoms with Gasteiger partial charge in [0, 0.05) is 13.6 Å². The summed E-state index contributed by atoms with van der Waals surface area (Å²) in [5.74, 6) is 0.706. The fourth-order valence-electron chi connectivity index (χ4n) is 2.34. The smallest absolute Gasteiger partial charge is 0.214 e. The number of benzene rings is 2. The molecule has 0 spiro atoms. The van der Waals surface area contributed by atoms with E-state index in [1.54, 1.807) is 31.4 Å². The molecule has 2 aromatic rings. The zero-order chi connectivity index (χ0) is 17.6. The first-order valence-corrected chi connectivity index (χ1v) is 9.33. The summed E-state index contributed by atoms with van der Waals surface area (Å²) in [6, 6.07) is 16.4. The van der Waals surface area contributed by atoms with Crippen molar-refractivity contribution in [1.29, 1.82) is 0 Å². The third kappa shape index (κ3) is 5.06. The van der Waals surface area contributed by atoms with E-state index in [0.717, 1.165) is 5.56 Å². The van der Waals surface area contributed by atoms with Crippen molar-refractivity contribution in [2.75, 3.05) is 26.5 Å². The van der Waals surface area contributed by atoms with Crippen LogP contribution in [0.15, 0.2) is 54.6 Å². The number of aliphatic hydroxyl groups excluding tert-OH is 1. The summed E-state index contributed by atoms with van der Waals surface area (Å²) >= 11 is 0. The van der Waals surface area contributed by atoms with Crippen molar-refractivity contribution in [3.63, 3.8) is 0 Å². The SMILES string of the molecule is COc1ccc(C(O)CN(C)S(=O)(=O)CCc2ccccc2)cc1. The summed E-state index contributed by atoms with van der Waals surface area (Å²) in [7, 11) is -0.365. The molecule has 0 aliphatic rings. The second kappa shape index (κ2) is 8.28. The molecule has 0 saturated heterocycles. The van der Waals surface area contributed by atoms with E-state index in [-0.39, 0.29) is 12.3 Å². The van der Waals surface area contributed by atoms with Gasteiger partial charge in [0.15, 0.2) is 0 Å². The van der Waals surface area contributed by atoms with E-state index >= 15 is 0 Å². The molecule has 1 unspecified atom stereocenters. The van der Waals surface area contributed by atoms with E-state index in [1.165, 1.54) is 11.4 Å². The first kappa shape index (κ1) is 18.4. The van der Waals surface area contributed by atoms with E-state index in [9.17, 15) is 13.5 Å². The molecule has 1 atom stereocenters. The number of hydrogen-bond acceptors (Lipinski definition) is 4. The minimum Gasteiger partial charge on any atom is -0.497 e. The van der Waals surface area contributed by atoms with Crippen LogP contribution >= 0.6 is 0 Å². The quantitative estimate of drug-likeness (QED) is 0.794. The number of hydrogen-bond donors (Lipinski definition) is 1. The molecule has 5 nitrogen and oxygen atoms in total. The summed E-state index contributed by atoms with van der Waals surface area (Å²) in [6.07, 6.45) is -0.431. The van der Waals surface area contributed by atoms with Gasteiger partial charge in [-0.25, -0.2) is 12.7 Å². The second-order valence-corrected chi connectivity index (χ2v) is 7.82. The molecule has 0 aliphatic heterocycles. The molecule has 0 bridgehead atoms. The lowest BCUT2D eigenvalue weighted by Crippen LogP contribution is -2.33. The normalized spacial score (nSPS) is 13.0. The van der Waals surface area contributed by atoms with Gasteiger partial charge >= 0.3 is 0 Å². The highest BCUT2D eigenvalue weighted by Gasteiger charge is 2.21. The van der Waals surface area contributed by atoms with E-state index in [0.29, 0.717) is 17.7 Å². The molecule has 2 rings (SSSR count). The Bertz CT molecular complexity index is 729. The molecule has 0 aliphatic carbocycles. The van der Waals surface area contributed by atoms with Crippen LogP contribution in [0, 0.1) is 0 Å². The van der Waals surface area contributed by atoms with Gasteiger partial charge in [-0.15, -0.1) is 0 Å². The fourth-order valence-corrected chi connectivity index (χ4v) is 3.51. The zero-order valence-corrected chi connectivity index (χ0v) is 14.7. The second-order valence-electron chi connectivity index (χ2n) is 5.62. The van der Waals surface area contributed by atoms with Crippen LogP contribution in [-0.4, -0.2) is 44.3 Å². The molecular formula is C18H23NO4S. The highest BCUT2D eigenvalue weighted by atomic mass is 32.2. The summed E-state index contributed by atoms with van der Waals surface area (Å²) in [4.78, 5) is 0. The Kier molecular flexibility index (Phi) is 6.36. The van der Waals surface area contributed by atoms with Crippen molar-refractivity contribution in [2.45, 2.75) is 12.5 Å². The van der Waals surface area contributed by atoms with Crippen molar-refractivity contribution in [3.05, 3.63) is 65.7 Å². The van der Waals surface area contributed by atoms with Gasteiger partial charge in [-0.2, -0.15) is 0 Å². The molecule has 130 valence electrons. The van der Waals surface area contributed by atoms with Crippen LogP contribution in [0.5, 0.6) is 5.75 Å². The van der Waals surface area contributed by atoms with E-state index in [1.807, 2.05) is 30.3 Å². The first-order valence-electron chi connectivity index (χ1n) is 7.72. The maximum atomic E-state index is 12.4. The minimum atomic E-state index is -3.43. The predicted molar refractivity (Wildman–Crippen MR) is 94.5 cm³/mol. The molecule has 0 fully saturated rings. The maximum absolute atomic E-state index is 12.4. The number of sulfonamides is 1. The predicted octanol–water partition coefficient (Wildman–Crippen LogP) is 2.23. The van der Waals surface area contributed by atoms with E-state index in [2.05, 4.69) is 0 Å². The number of nitrogens with zero attached hydrogens (tertiary/aromatic N) is 1. The van der Waals surface area contributed by atoms with Crippen LogP contribution < -0.4 is 4.74 Å². The van der Waals surface area contributed by atoms with Crippen molar-refractivity contribution in [3.8, 4) is 5.75 Å². The lowest BCUT2D eigenvalue weighted by Gasteiger charge is -2.21. The molecule has 0 heterocycles. The summed E-state index contributed by atoms with van der Waals surface area (Å²) < 4.78 is 31.0. The molecule has 0 radical (unpaired) electrons. The van der Waals surface area contributed by atoms with Crippen LogP contribution in [0.3, 0.4) is 0 Å². The molecule has 0 amide bonds. The number of rotatable bonds is 8. The van der Waals surface area contributed by atoms with Crippen LogP contribution in [-0.2, 0) is 16.4 Å². The van der Waals surface area contributed by atoms with Crippen molar-refractivity contribution >= 4 is 10.0 Å². The van der Waals surface area contributed by atoms with Crippen LogP contribution in [0.4, 0.5) is 0 Å². The third-order valence-corrected chi connectivity index (χ3v) is 5.72. The Morgan fingerprint density at radius 3 is 2.29 bits per heavy atom. The van der Waals surface area contributed by atoms with Gasteiger partial charge in [0.05, 0.1) is 19.0 Å². The van der Waals surface area contributed by atoms with Gasteiger partial charge in [0.1, 0.15) is 5.75 Å². The molecule has 1 N–H and O–H groups in total. The highest BCUT2D eigenvalue weighted by molar-refractivity contribution is 7.89. The van der Waals surface area contributed by atoms with Crippen LogP contribution in [0.1, 0.15) is 17.2 Å². The summed E-state index contributed by atoms with van der Waals surface area (Å²) in [5.41, 5.74) is 1.63. The van der Waals surface area contributed by atoms with Crippen molar-refractivity contribution in [2.24, 2.45) is 0 Å². The van der Waals surface area contributed by atoms with Crippen molar-refractivity contribution in [1.82, 2.24) is 4.31 Å². The number of methoxy groups -OCH3 is 1. The Morgan fingerprint density at radius 1 is 1.08 bits per heavy atom. The fraction of sp³-hybridized carbons (Fsp3) is 0.333. The minimum absolute atomic E-state index is 0.0167. The van der Waals surface area contributed by atoms with Gasteiger partial charge in [0.25, 0.3) is 0 Å². The standard InChI is InChI=1S/C18H23NO4S/c1-19(14-18(20)16-8-10-17(23-2)11-9-16)24(21,22)13-12-15-6-4-3-5-7-15/h3-11,18,20H,12-14H2,1-2H3.